The second kappa shape index (κ2) is 20.9. The van der Waals surface area contributed by atoms with Crippen molar-refractivity contribution >= 4 is 23.2 Å². The molecule has 0 saturated carbocycles. The molecule has 0 spiro atoms. The molecule has 6 rings (SSSR count). The predicted octanol–water partition coefficient (Wildman–Crippen LogP) is 8.23. The molecule has 0 radical (unpaired) electrons. The van der Waals surface area contributed by atoms with Gasteiger partial charge < -0.3 is 36.1 Å². The largest absolute Gasteiger partial charge is 0.397 e. The van der Waals surface area contributed by atoms with Gasteiger partial charge in [0.15, 0.2) is 6.29 Å². The van der Waals surface area contributed by atoms with E-state index in [0.29, 0.717) is 56.6 Å². The van der Waals surface area contributed by atoms with Crippen LogP contribution in [-0.2, 0) is 32.2 Å². The van der Waals surface area contributed by atoms with E-state index in [9.17, 15) is 19.8 Å². The zero-order valence-electron chi connectivity index (χ0n) is 33.4. The van der Waals surface area contributed by atoms with Crippen LogP contribution >= 0.6 is 0 Å². The van der Waals surface area contributed by atoms with Crippen LogP contribution in [0.2, 0.25) is 0 Å². The van der Waals surface area contributed by atoms with E-state index in [1.807, 2.05) is 105 Å². The molecule has 10 nitrogen and oxygen atoms in total. The number of nitrogens with zero attached hydrogens (tertiary/aromatic N) is 1. The zero-order chi connectivity index (χ0) is 40.9. The van der Waals surface area contributed by atoms with Crippen molar-refractivity contribution in [3.8, 4) is 11.1 Å². The number of nitrogen functional groups attached to an aromatic ring is 1. The molecule has 10 heteroatoms. The van der Waals surface area contributed by atoms with Crippen LogP contribution in [0.1, 0.15) is 91.8 Å². The molecular weight excluding hydrogens is 729 g/mol. The lowest BCUT2D eigenvalue weighted by atomic mass is 9.98. The number of anilines is 2. The highest BCUT2D eigenvalue weighted by molar-refractivity contribution is 5.93. The van der Waals surface area contributed by atoms with Gasteiger partial charge >= 0.3 is 0 Å². The standard InChI is InChI=1S/C48H56N4O6/c1-33(47(56)38-13-5-3-6-14-38)52(2)31-41-29-44(37-22-20-34(32-53)21-23-37)58-48(57-41)39-26-24-36(25-27-39)40-15-11-12-35(28-40)30-50-45(54)18-7-4-8-19-46(55)51-43-17-10-9-16-42(43)49/h3,5-6,9-17,20-28,33,41,44,47-48,53,56H,4,7-8,18-19,29-32,49H2,1-2H3,(H,50,54)(H,51,55)/t33-,41+,44-,47-,48-/m1/s1. The Labute approximate surface area is 342 Å². The fourth-order valence-corrected chi connectivity index (χ4v) is 7.24. The molecule has 1 aliphatic heterocycles. The van der Waals surface area contributed by atoms with Crippen molar-refractivity contribution in [1.82, 2.24) is 10.2 Å². The van der Waals surface area contributed by atoms with E-state index < -0.39 is 12.4 Å². The molecule has 0 aromatic heterocycles. The average Bonchev–Trinajstić information content (AvgIpc) is 3.26. The minimum atomic E-state index is -0.643. The molecule has 1 fully saturated rings. The Bertz CT molecular complexity index is 2060. The summed E-state index contributed by atoms with van der Waals surface area (Å²) in [7, 11) is 2.01. The van der Waals surface area contributed by atoms with E-state index in [1.54, 1.807) is 12.1 Å². The Morgan fingerprint density at radius 3 is 2.19 bits per heavy atom. The molecule has 58 heavy (non-hydrogen) atoms. The number of hydrogen-bond acceptors (Lipinski definition) is 8. The van der Waals surface area contributed by atoms with Gasteiger partial charge in [0.05, 0.1) is 36.3 Å². The van der Waals surface area contributed by atoms with Gasteiger partial charge in [-0.25, -0.2) is 0 Å². The monoisotopic (exact) mass is 784 g/mol. The maximum absolute atomic E-state index is 12.6. The van der Waals surface area contributed by atoms with Gasteiger partial charge in [0.25, 0.3) is 0 Å². The van der Waals surface area contributed by atoms with Gasteiger partial charge in [-0.2, -0.15) is 0 Å². The number of rotatable bonds is 18. The normalized spacial score (nSPS) is 17.7. The van der Waals surface area contributed by atoms with Crippen LogP contribution < -0.4 is 16.4 Å². The highest BCUT2D eigenvalue weighted by Crippen LogP contribution is 2.39. The SMILES string of the molecule is C[C@H]([C@@H](O)c1ccccc1)N(C)C[C@@H]1C[C@H](c2ccc(CO)cc2)O[C@H](c2ccc(-c3cccc(CNC(=O)CCCCCC(=O)Nc4ccccc4N)c3)cc2)O1. The topological polar surface area (TPSA) is 146 Å². The van der Waals surface area contributed by atoms with E-state index in [1.165, 1.54) is 0 Å². The molecule has 1 saturated heterocycles. The molecule has 0 unspecified atom stereocenters. The number of aliphatic hydroxyl groups is 2. The summed E-state index contributed by atoms with van der Waals surface area (Å²) in [6.07, 6.45) is 1.96. The molecule has 0 aliphatic carbocycles. The first kappa shape index (κ1) is 42.3. The van der Waals surface area contributed by atoms with E-state index in [-0.39, 0.29) is 36.7 Å². The molecule has 5 aromatic carbocycles. The molecular formula is C48H56N4O6. The average molecular weight is 785 g/mol. The van der Waals surface area contributed by atoms with Gasteiger partial charge in [0.1, 0.15) is 0 Å². The van der Waals surface area contributed by atoms with Crippen molar-refractivity contribution in [1.29, 1.82) is 0 Å². The first-order chi connectivity index (χ1) is 28.2. The van der Waals surface area contributed by atoms with E-state index in [2.05, 4.69) is 39.8 Å². The number of likely N-dealkylation sites (N-methyl/N-ethyl adjacent to an activating group) is 1. The highest BCUT2D eigenvalue weighted by atomic mass is 16.7. The molecule has 304 valence electrons. The van der Waals surface area contributed by atoms with Crippen LogP contribution in [0.25, 0.3) is 11.1 Å². The van der Waals surface area contributed by atoms with Crippen LogP contribution in [0, 0.1) is 0 Å². The Morgan fingerprint density at radius 2 is 1.47 bits per heavy atom. The second-order valence-electron chi connectivity index (χ2n) is 15.2. The summed E-state index contributed by atoms with van der Waals surface area (Å²) < 4.78 is 13.2. The Hall–Kier alpha value is -5.36. The molecule has 1 aliphatic rings. The van der Waals surface area contributed by atoms with Gasteiger partial charge in [-0.15, -0.1) is 0 Å². The summed E-state index contributed by atoms with van der Waals surface area (Å²) in [5, 5.41) is 26.6. The third-order valence-electron chi connectivity index (χ3n) is 10.9. The van der Waals surface area contributed by atoms with Gasteiger partial charge in [0.2, 0.25) is 11.8 Å². The minimum absolute atomic E-state index is 0.0160. The summed E-state index contributed by atoms with van der Waals surface area (Å²) in [5.41, 5.74) is 13.8. The molecule has 1 heterocycles. The van der Waals surface area contributed by atoms with Gasteiger partial charge in [-0.05, 0) is 78.4 Å². The van der Waals surface area contributed by atoms with Crippen molar-refractivity contribution in [3.63, 3.8) is 0 Å². The first-order valence-electron chi connectivity index (χ1n) is 20.2. The highest BCUT2D eigenvalue weighted by Gasteiger charge is 2.34. The molecule has 5 atom stereocenters. The van der Waals surface area contributed by atoms with Crippen LogP contribution in [0.15, 0.2) is 127 Å². The number of aliphatic hydroxyl groups excluding tert-OH is 2. The van der Waals surface area contributed by atoms with Crippen LogP contribution in [0.5, 0.6) is 0 Å². The van der Waals surface area contributed by atoms with Gasteiger partial charge in [0, 0.05) is 44.0 Å². The summed E-state index contributed by atoms with van der Waals surface area (Å²) >= 11 is 0. The number of benzene rings is 5. The Kier molecular flexibility index (Phi) is 15.2. The maximum atomic E-state index is 12.6. The zero-order valence-corrected chi connectivity index (χ0v) is 33.4. The lowest BCUT2D eigenvalue weighted by Crippen LogP contribution is -2.43. The molecule has 6 N–H and O–H groups in total. The lowest BCUT2D eigenvalue weighted by molar-refractivity contribution is -0.253. The van der Waals surface area contributed by atoms with Crippen molar-refractivity contribution in [2.24, 2.45) is 0 Å². The van der Waals surface area contributed by atoms with E-state index in [4.69, 9.17) is 15.2 Å². The van der Waals surface area contributed by atoms with Crippen molar-refractivity contribution < 1.29 is 29.3 Å². The predicted molar refractivity (Wildman–Crippen MR) is 228 cm³/mol. The van der Waals surface area contributed by atoms with E-state index in [0.717, 1.165) is 45.4 Å². The minimum Gasteiger partial charge on any atom is -0.397 e. The summed E-state index contributed by atoms with van der Waals surface area (Å²) in [4.78, 5) is 27.0. The third kappa shape index (κ3) is 11.8. The summed E-state index contributed by atoms with van der Waals surface area (Å²) in [6, 6.07) is 41.0. The number of unbranched alkanes of at least 4 members (excludes halogenated alkanes) is 2. The van der Waals surface area contributed by atoms with Crippen LogP contribution in [0.3, 0.4) is 0 Å². The number of para-hydroxylation sites is 2. The maximum Gasteiger partial charge on any atom is 0.224 e. The fraction of sp³-hybridized carbons (Fsp3) is 0.333. The number of carbonyl (C=O) groups is 2. The van der Waals surface area contributed by atoms with Gasteiger partial charge in [-0.1, -0.05) is 116 Å². The van der Waals surface area contributed by atoms with Crippen molar-refractivity contribution in [2.45, 2.75) is 89.2 Å². The lowest BCUT2D eigenvalue weighted by Gasteiger charge is -2.39. The number of ether oxygens (including phenoxy) is 2. The number of amides is 2. The molecule has 5 aromatic rings. The quantitative estimate of drug-likeness (QED) is 0.0442. The third-order valence-corrected chi connectivity index (χ3v) is 10.9. The number of hydrogen-bond donors (Lipinski definition) is 5. The van der Waals surface area contributed by atoms with Crippen LogP contribution in [0.4, 0.5) is 11.4 Å². The van der Waals surface area contributed by atoms with E-state index >= 15 is 0 Å². The smallest absolute Gasteiger partial charge is 0.224 e. The number of carbonyl (C=O) groups excluding carboxylic acids is 2. The Morgan fingerprint density at radius 1 is 0.776 bits per heavy atom. The number of nitrogens with two attached hydrogens (primary N) is 1. The molecule has 2 amide bonds. The van der Waals surface area contributed by atoms with Crippen LogP contribution in [-0.4, -0.2) is 52.7 Å². The fourth-order valence-electron chi connectivity index (χ4n) is 7.24. The van der Waals surface area contributed by atoms with Gasteiger partial charge in [-0.3, -0.25) is 14.5 Å². The summed E-state index contributed by atoms with van der Waals surface area (Å²) in [5.74, 6) is -0.0975. The van der Waals surface area contributed by atoms with Crippen molar-refractivity contribution in [3.05, 3.63) is 155 Å². The molecule has 0 bridgehead atoms. The number of nitrogens with one attached hydrogen (secondary N) is 2. The van der Waals surface area contributed by atoms with Crippen molar-refractivity contribution in [2.75, 3.05) is 24.6 Å². The summed E-state index contributed by atoms with van der Waals surface area (Å²) in [6.45, 7) is 3.03. The second-order valence-corrected chi connectivity index (χ2v) is 15.2. The first-order valence-corrected chi connectivity index (χ1v) is 20.2. The Balaban J connectivity index is 1.02.